The molecule has 0 bridgehead atoms. The minimum Gasteiger partial charge on any atom is -0.385 e. The van der Waals surface area contributed by atoms with Crippen molar-refractivity contribution in [3.63, 3.8) is 0 Å². The van der Waals surface area contributed by atoms with Gasteiger partial charge < -0.3 is 14.6 Å². The molecule has 1 aromatic rings. The minimum absolute atomic E-state index is 0.0180. The lowest BCUT2D eigenvalue weighted by molar-refractivity contribution is -0.122. The number of ether oxygens (including phenoxy) is 1. The molecule has 0 aliphatic rings. The van der Waals surface area contributed by atoms with Gasteiger partial charge in [0.05, 0.1) is 13.1 Å². The van der Waals surface area contributed by atoms with Crippen LogP contribution >= 0.6 is 0 Å². The molecule has 0 saturated heterocycles. The Morgan fingerprint density at radius 1 is 1.48 bits per heavy atom. The summed E-state index contributed by atoms with van der Waals surface area (Å²) in [6.45, 7) is 6.26. The van der Waals surface area contributed by atoms with Crippen LogP contribution in [0.5, 0.6) is 0 Å². The number of methoxy groups -OCH3 is 1. The number of rotatable bonds is 10. The smallest absolute Gasteiger partial charge is 0.240 e. The zero-order valence-corrected chi connectivity index (χ0v) is 13.4. The van der Waals surface area contributed by atoms with Gasteiger partial charge in [0.25, 0.3) is 0 Å². The van der Waals surface area contributed by atoms with E-state index in [1.54, 1.807) is 7.11 Å². The summed E-state index contributed by atoms with van der Waals surface area (Å²) >= 11 is 0. The van der Waals surface area contributed by atoms with Gasteiger partial charge in [0.1, 0.15) is 0 Å². The average Bonchev–Trinajstić information content (AvgIpc) is 2.80. The van der Waals surface area contributed by atoms with Crippen molar-refractivity contribution in [1.82, 2.24) is 20.4 Å². The Bertz CT molecular complexity index is 420. The van der Waals surface area contributed by atoms with E-state index in [2.05, 4.69) is 29.3 Å². The van der Waals surface area contributed by atoms with Crippen LogP contribution in [0.2, 0.25) is 0 Å². The van der Waals surface area contributed by atoms with Crippen LogP contribution in [0, 0.1) is 5.92 Å². The Hall–Kier alpha value is -1.47. The zero-order chi connectivity index (χ0) is 15.7. The first kappa shape index (κ1) is 17.6. The van der Waals surface area contributed by atoms with E-state index in [1.165, 1.54) is 0 Å². The molecule has 0 aliphatic carbocycles. The van der Waals surface area contributed by atoms with Crippen LogP contribution in [0.1, 0.15) is 32.0 Å². The molecule has 0 fully saturated rings. The molecular formula is C14H26N4O3. The molecule has 0 aromatic carbocycles. The molecule has 0 unspecified atom stereocenters. The summed E-state index contributed by atoms with van der Waals surface area (Å²) in [5.74, 6) is 1.74. The van der Waals surface area contributed by atoms with Gasteiger partial charge in [-0.25, -0.2) is 0 Å². The first-order chi connectivity index (χ1) is 10.0. The van der Waals surface area contributed by atoms with E-state index in [0.29, 0.717) is 38.0 Å². The molecule has 1 rings (SSSR count). The lowest BCUT2D eigenvalue weighted by Crippen LogP contribution is -2.35. The van der Waals surface area contributed by atoms with E-state index in [0.717, 1.165) is 18.7 Å². The predicted octanol–water partition coefficient (Wildman–Crippen LogP) is 0.853. The summed E-state index contributed by atoms with van der Waals surface area (Å²) in [7, 11) is 3.49. The van der Waals surface area contributed by atoms with Gasteiger partial charge in [-0.3, -0.25) is 9.69 Å². The number of nitrogens with one attached hydrogen (secondary N) is 1. The van der Waals surface area contributed by atoms with Gasteiger partial charge in [-0.15, -0.1) is 0 Å². The summed E-state index contributed by atoms with van der Waals surface area (Å²) in [6.07, 6.45) is 1.61. The molecular weight excluding hydrogens is 272 g/mol. The lowest BCUT2D eigenvalue weighted by atomic mass is 10.1. The second-order valence-electron chi connectivity index (χ2n) is 5.57. The maximum Gasteiger partial charge on any atom is 0.240 e. The van der Waals surface area contributed by atoms with Crippen molar-refractivity contribution >= 4 is 5.91 Å². The number of nitrogens with zero attached hydrogens (tertiary/aromatic N) is 3. The summed E-state index contributed by atoms with van der Waals surface area (Å²) in [5.41, 5.74) is 0. The van der Waals surface area contributed by atoms with E-state index < -0.39 is 0 Å². The van der Waals surface area contributed by atoms with Crippen LogP contribution in [0.4, 0.5) is 0 Å². The summed E-state index contributed by atoms with van der Waals surface area (Å²) < 4.78 is 10.1. The number of likely N-dealkylation sites (N-methyl/N-ethyl adjacent to an activating group) is 1. The number of amides is 1. The summed E-state index contributed by atoms with van der Waals surface area (Å²) in [4.78, 5) is 17.9. The predicted molar refractivity (Wildman–Crippen MR) is 78.7 cm³/mol. The van der Waals surface area contributed by atoms with E-state index in [1.807, 2.05) is 11.9 Å². The average molecular weight is 298 g/mol. The number of aromatic nitrogens is 2. The molecule has 7 nitrogen and oxygen atoms in total. The van der Waals surface area contributed by atoms with Crippen molar-refractivity contribution in [3.8, 4) is 0 Å². The quantitative estimate of drug-likeness (QED) is 0.645. The van der Waals surface area contributed by atoms with Crippen LogP contribution in [0.25, 0.3) is 0 Å². The highest BCUT2D eigenvalue weighted by atomic mass is 16.5. The number of hydrogen-bond donors (Lipinski definition) is 1. The van der Waals surface area contributed by atoms with Gasteiger partial charge >= 0.3 is 0 Å². The fraction of sp³-hybridized carbons (Fsp3) is 0.786. The highest BCUT2D eigenvalue weighted by Gasteiger charge is 2.12. The minimum atomic E-state index is -0.0180. The Morgan fingerprint density at radius 2 is 2.24 bits per heavy atom. The lowest BCUT2D eigenvalue weighted by Gasteiger charge is -2.13. The van der Waals surface area contributed by atoms with Crippen LogP contribution in [-0.2, 0) is 22.5 Å². The van der Waals surface area contributed by atoms with E-state index in [9.17, 15) is 4.79 Å². The number of hydrogen-bond acceptors (Lipinski definition) is 6. The topological polar surface area (TPSA) is 80.5 Å². The van der Waals surface area contributed by atoms with Crippen molar-refractivity contribution in [2.45, 2.75) is 33.2 Å². The Morgan fingerprint density at radius 3 is 2.90 bits per heavy atom. The molecule has 0 saturated carbocycles. The van der Waals surface area contributed by atoms with E-state index in [-0.39, 0.29) is 5.91 Å². The SMILES string of the molecule is COCCCNC(=O)CN(C)Cc1nc(CC(C)C)no1. The van der Waals surface area contributed by atoms with Gasteiger partial charge in [0, 0.05) is 26.7 Å². The second kappa shape index (κ2) is 9.46. The monoisotopic (exact) mass is 298 g/mol. The highest BCUT2D eigenvalue weighted by molar-refractivity contribution is 5.77. The molecule has 1 N–H and O–H groups in total. The van der Waals surface area contributed by atoms with Gasteiger partial charge in [-0.2, -0.15) is 4.98 Å². The second-order valence-corrected chi connectivity index (χ2v) is 5.57. The Balaban J connectivity index is 2.27. The maximum absolute atomic E-state index is 11.7. The number of carbonyl (C=O) groups excluding carboxylic acids is 1. The largest absolute Gasteiger partial charge is 0.385 e. The third-order valence-corrected chi connectivity index (χ3v) is 2.77. The molecule has 1 aromatic heterocycles. The molecule has 0 spiro atoms. The third-order valence-electron chi connectivity index (χ3n) is 2.77. The molecule has 120 valence electrons. The van der Waals surface area contributed by atoms with Gasteiger partial charge in [0.2, 0.25) is 11.8 Å². The van der Waals surface area contributed by atoms with E-state index >= 15 is 0 Å². The number of carbonyl (C=O) groups is 1. The molecule has 7 heteroatoms. The molecule has 0 aliphatic heterocycles. The van der Waals surface area contributed by atoms with Crippen LogP contribution in [0.3, 0.4) is 0 Å². The van der Waals surface area contributed by atoms with Crippen molar-refractivity contribution in [2.24, 2.45) is 5.92 Å². The van der Waals surface area contributed by atoms with Crippen LogP contribution < -0.4 is 5.32 Å². The molecule has 0 radical (unpaired) electrons. The Kier molecular flexibility index (Phi) is 7.92. The fourth-order valence-corrected chi connectivity index (χ4v) is 1.83. The van der Waals surface area contributed by atoms with Crippen LogP contribution in [-0.4, -0.2) is 54.8 Å². The van der Waals surface area contributed by atoms with Crippen LogP contribution in [0.15, 0.2) is 4.52 Å². The first-order valence-electron chi connectivity index (χ1n) is 7.27. The van der Waals surface area contributed by atoms with Crippen molar-refractivity contribution in [3.05, 3.63) is 11.7 Å². The fourth-order valence-electron chi connectivity index (χ4n) is 1.83. The first-order valence-corrected chi connectivity index (χ1v) is 7.27. The normalized spacial score (nSPS) is 11.3. The highest BCUT2D eigenvalue weighted by Crippen LogP contribution is 2.06. The van der Waals surface area contributed by atoms with Crippen molar-refractivity contribution in [1.29, 1.82) is 0 Å². The zero-order valence-electron chi connectivity index (χ0n) is 13.4. The van der Waals surface area contributed by atoms with E-state index in [4.69, 9.17) is 9.26 Å². The van der Waals surface area contributed by atoms with Crippen molar-refractivity contribution < 1.29 is 14.1 Å². The third kappa shape index (κ3) is 7.77. The van der Waals surface area contributed by atoms with Gasteiger partial charge in [0.15, 0.2) is 5.82 Å². The summed E-state index contributed by atoms with van der Waals surface area (Å²) in [6, 6.07) is 0. The molecule has 0 atom stereocenters. The molecule has 1 heterocycles. The standard InChI is InChI=1S/C14H26N4O3/c1-11(2)8-12-16-14(21-17-12)10-18(3)9-13(19)15-6-5-7-20-4/h11H,5-10H2,1-4H3,(H,15,19). The van der Waals surface area contributed by atoms with Crippen molar-refractivity contribution in [2.75, 3.05) is 33.9 Å². The maximum atomic E-state index is 11.7. The van der Waals surface area contributed by atoms with Gasteiger partial charge in [-0.05, 0) is 19.4 Å². The molecule has 21 heavy (non-hydrogen) atoms. The molecule has 1 amide bonds. The summed E-state index contributed by atoms with van der Waals surface area (Å²) in [5, 5.41) is 6.77. The Labute approximate surface area is 126 Å². The van der Waals surface area contributed by atoms with Gasteiger partial charge in [-0.1, -0.05) is 19.0 Å².